The Morgan fingerprint density at radius 1 is 1.15 bits per heavy atom. The second-order valence-corrected chi connectivity index (χ2v) is 17.5. The Labute approximate surface area is 283 Å². The van der Waals surface area contributed by atoms with E-state index in [0.29, 0.717) is 56.0 Å². The number of hydrogen-bond donors (Lipinski definition) is 3. The van der Waals surface area contributed by atoms with Gasteiger partial charge in [-0.2, -0.15) is 0 Å². The maximum Gasteiger partial charge on any atom is 0.305 e. The third-order valence-corrected chi connectivity index (χ3v) is 12.4. The number of fused-ring (bicyclic) bond motifs is 2. The van der Waals surface area contributed by atoms with Crippen LogP contribution in [0.2, 0.25) is 18.6 Å². The number of anilines is 2. The molecule has 0 radical (unpaired) electrons. The van der Waals surface area contributed by atoms with Gasteiger partial charge in [-0.1, -0.05) is 37.3 Å². The lowest BCUT2D eigenvalue weighted by Crippen LogP contribution is -2.48. The molecule has 13 heteroatoms. The van der Waals surface area contributed by atoms with Gasteiger partial charge in [0.2, 0.25) is 11.8 Å². The number of aliphatic hydroxyl groups excluding tert-OH is 1. The summed E-state index contributed by atoms with van der Waals surface area (Å²) in [4.78, 5) is 70.0. The van der Waals surface area contributed by atoms with Crippen LogP contribution in [0.25, 0.3) is 0 Å². The van der Waals surface area contributed by atoms with Gasteiger partial charge in [0, 0.05) is 61.9 Å². The number of carbonyl (C=O) groups excluding carboxylic acids is 4. The Kier molecular flexibility index (Phi) is 11.1. The average molecular weight is 681 g/mol. The number of nitrogens with zero attached hydrogens (tertiary/aromatic N) is 3. The molecule has 0 saturated carbocycles. The fourth-order valence-corrected chi connectivity index (χ4v) is 10.2. The minimum atomic E-state index is -3.06. The molecule has 260 valence electrons. The highest BCUT2D eigenvalue weighted by Crippen LogP contribution is 2.60. The second kappa shape index (κ2) is 14.9. The number of carbonyl (C=O) groups is 4. The summed E-state index contributed by atoms with van der Waals surface area (Å²) in [6.45, 7) is 7.43. The van der Waals surface area contributed by atoms with Gasteiger partial charge < -0.3 is 39.4 Å². The Hall–Kier alpha value is -3.62. The van der Waals surface area contributed by atoms with Crippen LogP contribution in [-0.4, -0.2) is 99.4 Å². The molecule has 2 fully saturated rings. The van der Waals surface area contributed by atoms with E-state index in [1.165, 1.54) is 7.11 Å². The molecule has 12 nitrogen and oxygen atoms in total. The lowest BCUT2D eigenvalue weighted by Gasteiger charge is -2.33. The van der Waals surface area contributed by atoms with Gasteiger partial charge >= 0.3 is 5.97 Å². The van der Waals surface area contributed by atoms with E-state index in [2.05, 4.69) is 5.32 Å². The molecule has 1 spiro atoms. The summed E-state index contributed by atoms with van der Waals surface area (Å²) >= 11 is 0. The molecule has 48 heavy (non-hydrogen) atoms. The zero-order valence-electron chi connectivity index (χ0n) is 28.3. The number of ether oxygens (including phenoxy) is 2. The van der Waals surface area contributed by atoms with E-state index in [1.807, 2.05) is 68.5 Å². The highest BCUT2D eigenvalue weighted by molar-refractivity contribution is 6.71. The third kappa shape index (κ3) is 7.06. The number of hydrogen-bond acceptors (Lipinski definition) is 9. The van der Waals surface area contributed by atoms with E-state index in [4.69, 9.17) is 9.47 Å². The largest absolute Gasteiger partial charge is 0.469 e. The zero-order valence-corrected chi connectivity index (χ0v) is 29.3. The highest BCUT2D eigenvalue weighted by Gasteiger charge is 2.66. The molecule has 3 aliphatic heterocycles. The van der Waals surface area contributed by atoms with Crippen molar-refractivity contribution >= 4 is 43.4 Å². The van der Waals surface area contributed by atoms with Crippen LogP contribution in [0, 0.1) is 5.92 Å². The molecule has 0 aliphatic carbocycles. The first-order valence-corrected chi connectivity index (χ1v) is 19.8. The Morgan fingerprint density at radius 2 is 1.90 bits per heavy atom. The molecule has 3 amide bonds. The summed E-state index contributed by atoms with van der Waals surface area (Å²) in [6, 6.07) is 15.1. The second-order valence-electron chi connectivity index (χ2n) is 13.5. The Morgan fingerprint density at radius 3 is 2.56 bits per heavy atom. The van der Waals surface area contributed by atoms with Crippen LogP contribution in [0.4, 0.5) is 11.4 Å². The minimum Gasteiger partial charge on any atom is -0.469 e. The van der Waals surface area contributed by atoms with Crippen LogP contribution >= 0.6 is 0 Å². The molecule has 0 aromatic heterocycles. The van der Waals surface area contributed by atoms with Crippen LogP contribution < -0.4 is 15.1 Å². The number of rotatable bonds is 13. The van der Waals surface area contributed by atoms with E-state index in [9.17, 15) is 29.1 Å². The Bertz CT molecular complexity index is 1500. The topological polar surface area (TPSA) is 149 Å². The number of nitrogens with one attached hydrogen (secondary N) is 1. The minimum absolute atomic E-state index is 0.0711. The fourth-order valence-electron chi connectivity index (χ4n) is 7.69. The summed E-state index contributed by atoms with van der Waals surface area (Å²) in [5, 5.41) is 12.9. The standard InChI is InChI=1S/C35H48N4O8Si/c1-24-33(48(3,4)45)29(21-30(41)37(18-19-40)23-25-10-6-5-7-11-25)47-35(24)27-20-26(38-17-15-36-22-31(38)42)13-14-28(27)39(34(35)44)16-9-8-12-32(43)46-2/h5-7,10-11,13-14,20,24,29,33,36,40,45H,8-9,12,15-19,21-23H2,1-4H3/t24-,29+,33-,35+/m0/s1. The van der Waals surface area contributed by atoms with E-state index >= 15 is 0 Å². The van der Waals surface area contributed by atoms with Crippen molar-refractivity contribution in [2.24, 2.45) is 5.92 Å². The summed E-state index contributed by atoms with van der Waals surface area (Å²) in [6.07, 6.45) is 0.470. The molecular formula is C35H48N4O8Si. The molecule has 3 aliphatic rings. The molecule has 2 saturated heterocycles. The molecule has 2 aromatic rings. The predicted octanol–water partition coefficient (Wildman–Crippen LogP) is 2.52. The van der Waals surface area contributed by atoms with E-state index in [-0.39, 0.29) is 56.2 Å². The first-order chi connectivity index (χ1) is 22.9. The van der Waals surface area contributed by atoms with Gasteiger partial charge in [0.15, 0.2) is 13.9 Å². The third-order valence-electron chi connectivity index (χ3n) is 9.92. The van der Waals surface area contributed by atoms with Gasteiger partial charge in [-0.25, -0.2) is 0 Å². The van der Waals surface area contributed by atoms with Gasteiger partial charge in [-0.3, -0.25) is 19.2 Å². The maximum absolute atomic E-state index is 14.7. The van der Waals surface area contributed by atoms with Crippen LogP contribution in [-0.2, 0) is 40.8 Å². The number of methoxy groups -OCH3 is 1. The zero-order chi connectivity index (χ0) is 34.6. The van der Waals surface area contributed by atoms with Gasteiger partial charge in [0.1, 0.15) is 0 Å². The maximum atomic E-state index is 14.7. The molecule has 5 rings (SSSR count). The number of amides is 3. The molecule has 0 unspecified atom stereocenters. The van der Waals surface area contributed by atoms with Crippen molar-refractivity contribution in [2.75, 3.05) is 56.2 Å². The van der Waals surface area contributed by atoms with Gasteiger partial charge in [-0.05, 0) is 49.7 Å². The highest BCUT2D eigenvalue weighted by atomic mass is 28.4. The van der Waals surface area contributed by atoms with Crippen molar-refractivity contribution in [2.45, 2.75) is 69.5 Å². The SMILES string of the molecule is COC(=O)CCCCN1C(=O)[C@]2(O[C@H](CC(=O)N(CCO)Cc3ccccc3)[C@@H]([Si](C)(C)O)[C@@H]2C)c2cc(N3CCNCC3=O)ccc21. The molecule has 2 aromatic carbocycles. The van der Waals surface area contributed by atoms with E-state index < -0.39 is 31.5 Å². The molecule has 0 bridgehead atoms. The van der Waals surface area contributed by atoms with Crippen molar-refractivity contribution in [1.82, 2.24) is 10.2 Å². The van der Waals surface area contributed by atoms with Crippen LogP contribution in [0.1, 0.15) is 43.7 Å². The van der Waals surface area contributed by atoms with E-state index in [1.54, 1.807) is 14.7 Å². The first kappa shape index (κ1) is 35.7. The van der Waals surface area contributed by atoms with Gasteiger partial charge in [-0.15, -0.1) is 0 Å². The summed E-state index contributed by atoms with van der Waals surface area (Å²) in [7, 11) is -1.71. The summed E-state index contributed by atoms with van der Waals surface area (Å²) < 4.78 is 11.7. The van der Waals surface area contributed by atoms with Crippen molar-refractivity contribution in [1.29, 1.82) is 0 Å². The summed E-state index contributed by atoms with van der Waals surface area (Å²) in [5.74, 6) is -1.40. The van der Waals surface area contributed by atoms with E-state index in [0.717, 1.165) is 5.56 Å². The van der Waals surface area contributed by atoms with Crippen LogP contribution in [0.3, 0.4) is 0 Å². The van der Waals surface area contributed by atoms with Crippen molar-refractivity contribution in [3.63, 3.8) is 0 Å². The van der Waals surface area contributed by atoms with Gasteiger partial charge in [0.05, 0.1) is 38.5 Å². The van der Waals surface area contributed by atoms with Crippen molar-refractivity contribution in [3.8, 4) is 0 Å². The number of unbranched alkanes of at least 4 members (excludes halogenated alkanes) is 1. The van der Waals surface area contributed by atoms with Crippen molar-refractivity contribution < 1.29 is 38.6 Å². The molecular weight excluding hydrogens is 632 g/mol. The molecule has 3 heterocycles. The fraction of sp³-hybridized carbons (Fsp3) is 0.543. The van der Waals surface area contributed by atoms with Crippen LogP contribution in [0.15, 0.2) is 48.5 Å². The number of piperazine rings is 1. The quantitative estimate of drug-likeness (QED) is 0.165. The predicted molar refractivity (Wildman–Crippen MR) is 183 cm³/mol. The Balaban J connectivity index is 1.51. The smallest absolute Gasteiger partial charge is 0.305 e. The molecule has 4 atom stereocenters. The van der Waals surface area contributed by atoms with Crippen LogP contribution in [0.5, 0.6) is 0 Å². The van der Waals surface area contributed by atoms with Crippen molar-refractivity contribution in [3.05, 3.63) is 59.7 Å². The van der Waals surface area contributed by atoms with Gasteiger partial charge in [0.25, 0.3) is 5.91 Å². The molecule has 3 N–H and O–H groups in total. The lowest BCUT2D eigenvalue weighted by molar-refractivity contribution is -0.150. The summed E-state index contributed by atoms with van der Waals surface area (Å²) in [5.41, 5.74) is 0.882. The number of aliphatic hydroxyl groups is 1. The normalized spacial score (nSPS) is 23.9. The monoisotopic (exact) mass is 680 g/mol. The lowest BCUT2D eigenvalue weighted by atomic mass is 9.82. The number of benzene rings is 2. The number of esters is 1. The average Bonchev–Trinajstić information content (AvgIpc) is 3.49. The first-order valence-electron chi connectivity index (χ1n) is 16.8.